The Morgan fingerprint density at radius 1 is 1.25 bits per heavy atom. The van der Waals surface area contributed by atoms with Gasteiger partial charge < -0.3 is 4.74 Å². The van der Waals surface area contributed by atoms with Crippen LogP contribution in [0.2, 0.25) is 0 Å². The molecule has 0 aromatic rings. The van der Waals surface area contributed by atoms with Crippen LogP contribution in [0.25, 0.3) is 0 Å². The quantitative estimate of drug-likeness (QED) is 0.511. The highest BCUT2D eigenvalue weighted by molar-refractivity contribution is 5.24. The minimum atomic E-state index is -4.69. The Hall–Kier alpha value is -1.19. The Balaban J connectivity index is 4.59. The van der Waals surface area contributed by atoms with E-state index in [1.807, 2.05) is 20.8 Å². The van der Waals surface area contributed by atoms with Crippen molar-refractivity contribution in [3.8, 4) is 0 Å². The highest BCUT2D eigenvalue weighted by Gasteiger charge is 2.31. The second-order valence-corrected chi connectivity index (χ2v) is 4.69. The van der Waals surface area contributed by atoms with Gasteiger partial charge in [-0.3, -0.25) is 0 Å². The molecule has 92 valence electrons. The Labute approximate surface area is 94.3 Å². The van der Waals surface area contributed by atoms with Gasteiger partial charge in [-0.2, -0.15) is 0 Å². The monoisotopic (exact) mass is 234 g/mol. The topological polar surface area (TPSA) is 9.23 Å². The molecule has 1 nitrogen and oxygen atoms in total. The minimum Gasteiger partial charge on any atom is -0.406 e. The fourth-order valence-electron chi connectivity index (χ4n) is 1.20. The van der Waals surface area contributed by atoms with Crippen molar-refractivity contribution in [3.05, 3.63) is 36.6 Å². The van der Waals surface area contributed by atoms with Crippen molar-refractivity contribution in [3.63, 3.8) is 0 Å². The molecule has 0 aliphatic carbocycles. The minimum absolute atomic E-state index is 0.0297. The molecule has 0 saturated carbocycles. The number of allylic oxidation sites excluding steroid dienone is 3. The van der Waals surface area contributed by atoms with Crippen molar-refractivity contribution < 1.29 is 17.9 Å². The summed E-state index contributed by atoms with van der Waals surface area (Å²) >= 11 is 0. The van der Waals surface area contributed by atoms with E-state index in [0.29, 0.717) is 12.0 Å². The maximum Gasteiger partial charge on any atom is 0.573 e. The van der Waals surface area contributed by atoms with Gasteiger partial charge in [0.25, 0.3) is 0 Å². The molecule has 0 spiro atoms. The smallest absolute Gasteiger partial charge is 0.406 e. The van der Waals surface area contributed by atoms with Gasteiger partial charge >= 0.3 is 6.36 Å². The molecular formula is C12H17F3O. The van der Waals surface area contributed by atoms with Crippen LogP contribution in [0.5, 0.6) is 0 Å². The summed E-state index contributed by atoms with van der Waals surface area (Å²) in [6.07, 6.45) is -1.83. The lowest BCUT2D eigenvalue weighted by atomic mass is 9.88. The summed E-state index contributed by atoms with van der Waals surface area (Å²) in [6, 6.07) is 0. The van der Waals surface area contributed by atoms with Crippen LogP contribution < -0.4 is 0 Å². The SMILES string of the molecule is C=C/C(=C\C(=C)CC(C)(C)C)OC(F)(F)F. The Bertz CT molecular complexity index is 292. The number of ether oxygens (including phenoxy) is 1. The molecule has 0 aromatic carbocycles. The zero-order chi connectivity index (χ0) is 13.0. The van der Waals surface area contributed by atoms with Crippen molar-refractivity contribution in [2.45, 2.75) is 33.6 Å². The summed E-state index contributed by atoms with van der Waals surface area (Å²) in [5, 5.41) is 0. The maximum atomic E-state index is 11.9. The predicted molar refractivity (Wildman–Crippen MR) is 58.6 cm³/mol. The summed E-state index contributed by atoms with van der Waals surface area (Å²) in [5.41, 5.74) is 0.546. The van der Waals surface area contributed by atoms with Crippen molar-refractivity contribution >= 4 is 0 Å². The molecule has 0 aliphatic rings. The fourth-order valence-corrected chi connectivity index (χ4v) is 1.20. The molecule has 0 fully saturated rings. The van der Waals surface area contributed by atoms with Crippen molar-refractivity contribution in [2.75, 3.05) is 0 Å². The first-order chi connectivity index (χ1) is 7.03. The van der Waals surface area contributed by atoms with Crippen molar-refractivity contribution in [1.82, 2.24) is 0 Å². The fraction of sp³-hybridized carbons (Fsp3) is 0.500. The Morgan fingerprint density at radius 3 is 2.06 bits per heavy atom. The van der Waals surface area contributed by atoms with Crippen LogP contribution >= 0.6 is 0 Å². The van der Waals surface area contributed by atoms with E-state index in [1.54, 1.807) is 0 Å². The average Bonchev–Trinajstić information content (AvgIpc) is 1.96. The number of hydrogen-bond donors (Lipinski definition) is 0. The molecule has 16 heavy (non-hydrogen) atoms. The normalized spacial score (nSPS) is 13.5. The van der Waals surface area contributed by atoms with Gasteiger partial charge in [-0.15, -0.1) is 13.2 Å². The molecule has 0 aromatic heterocycles. The maximum absolute atomic E-state index is 11.9. The molecule has 0 saturated heterocycles. The molecule has 0 aliphatic heterocycles. The molecule has 0 amide bonds. The molecule has 0 rings (SSSR count). The molecule has 0 radical (unpaired) electrons. The molecule has 0 unspecified atom stereocenters. The van der Waals surface area contributed by atoms with E-state index in [4.69, 9.17) is 0 Å². The van der Waals surface area contributed by atoms with Crippen LogP contribution in [-0.4, -0.2) is 6.36 Å². The van der Waals surface area contributed by atoms with Gasteiger partial charge in [0, 0.05) is 0 Å². The lowest BCUT2D eigenvalue weighted by molar-refractivity contribution is -0.303. The molecule has 4 heteroatoms. The highest BCUT2D eigenvalue weighted by atomic mass is 19.4. The van der Waals surface area contributed by atoms with E-state index in [-0.39, 0.29) is 11.2 Å². The molecule has 0 heterocycles. The molecule has 0 bridgehead atoms. The third-order valence-corrected chi connectivity index (χ3v) is 1.54. The van der Waals surface area contributed by atoms with Gasteiger partial charge in [0.2, 0.25) is 0 Å². The number of alkyl halides is 3. The van der Waals surface area contributed by atoms with E-state index in [0.717, 1.165) is 6.08 Å². The van der Waals surface area contributed by atoms with Crippen molar-refractivity contribution in [2.24, 2.45) is 5.41 Å². The standard InChI is InChI=1S/C12H17F3O/c1-6-10(16-12(13,14)15)7-9(2)8-11(3,4)5/h6-7H,1-2,8H2,3-5H3/b10-7+. The van der Waals surface area contributed by atoms with Gasteiger partial charge in [-0.1, -0.05) is 39.5 Å². The van der Waals surface area contributed by atoms with Crippen LogP contribution in [0.1, 0.15) is 27.2 Å². The second kappa shape index (κ2) is 5.23. The first-order valence-electron chi connectivity index (χ1n) is 4.81. The Morgan fingerprint density at radius 2 is 1.75 bits per heavy atom. The summed E-state index contributed by atoms with van der Waals surface area (Å²) in [4.78, 5) is 0. The summed E-state index contributed by atoms with van der Waals surface area (Å²) in [6.45, 7) is 12.9. The van der Waals surface area contributed by atoms with Gasteiger partial charge in [0.1, 0.15) is 5.76 Å². The molecule has 0 atom stereocenters. The average molecular weight is 234 g/mol. The van der Waals surface area contributed by atoms with E-state index in [9.17, 15) is 13.2 Å². The first-order valence-corrected chi connectivity index (χ1v) is 4.81. The zero-order valence-electron chi connectivity index (χ0n) is 9.82. The zero-order valence-corrected chi connectivity index (χ0v) is 9.82. The largest absolute Gasteiger partial charge is 0.573 e. The van der Waals surface area contributed by atoms with Crippen LogP contribution in [-0.2, 0) is 4.74 Å². The van der Waals surface area contributed by atoms with Gasteiger partial charge in [-0.25, -0.2) is 0 Å². The van der Waals surface area contributed by atoms with Gasteiger partial charge in [-0.05, 0) is 24.0 Å². The van der Waals surface area contributed by atoms with Crippen LogP contribution in [0.4, 0.5) is 13.2 Å². The lowest BCUT2D eigenvalue weighted by Gasteiger charge is -2.18. The van der Waals surface area contributed by atoms with E-state index in [2.05, 4.69) is 17.9 Å². The summed E-state index contributed by atoms with van der Waals surface area (Å²) in [7, 11) is 0. The number of hydrogen-bond acceptors (Lipinski definition) is 1. The third-order valence-electron chi connectivity index (χ3n) is 1.54. The summed E-state index contributed by atoms with van der Waals surface area (Å²) in [5.74, 6) is -0.332. The molecule has 0 N–H and O–H groups in total. The van der Waals surface area contributed by atoms with Gasteiger partial charge in [0.15, 0.2) is 0 Å². The van der Waals surface area contributed by atoms with Crippen LogP contribution in [0.3, 0.4) is 0 Å². The van der Waals surface area contributed by atoms with Crippen LogP contribution in [0, 0.1) is 5.41 Å². The van der Waals surface area contributed by atoms with E-state index < -0.39 is 6.36 Å². The Kier molecular flexibility index (Phi) is 4.84. The highest BCUT2D eigenvalue weighted by Crippen LogP contribution is 2.26. The van der Waals surface area contributed by atoms with Gasteiger partial charge in [0.05, 0.1) is 0 Å². The van der Waals surface area contributed by atoms with E-state index in [1.165, 1.54) is 6.08 Å². The third kappa shape index (κ3) is 8.15. The first kappa shape index (κ1) is 14.8. The van der Waals surface area contributed by atoms with Crippen molar-refractivity contribution in [1.29, 1.82) is 0 Å². The second-order valence-electron chi connectivity index (χ2n) is 4.69. The van der Waals surface area contributed by atoms with E-state index >= 15 is 0 Å². The number of halogens is 3. The predicted octanol–water partition coefficient (Wildman–Crippen LogP) is 4.59. The summed E-state index contributed by atoms with van der Waals surface area (Å²) < 4.78 is 39.6. The molecular weight excluding hydrogens is 217 g/mol. The number of rotatable bonds is 4. The van der Waals surface area contributed by atoms with Crippen LogP contribution in [0.15, 0.2) is 36.6 Å². The lowest BCUT2D eigenvalue weighted by Crippen LogP contribution is -2.12.